The van der Waals surface area contributed by atoms with Gasteiger partial charge in [0, 0.05) is 45.8 Å². The molecule has 0 N–H and O–H groups in total. The molecule has 0 radical (unpaired) electrons. The van der Waals surface area contributed by atoms with Gasteiger partial charge in [0.25, 0.3) is 0 Å². The summed E-state index contributed by atoms with van der Waals surface area (Å²) in [7, 11) is 1.04. The Hall–Kier alpha value is -1.84. The molecule has 0 aromatic heterocycles. The van der Waals surface area contributed by atoms with E-state index < -0.39 is 10.0 Å². The molecule has 2 rings (SSSR count). The fourth-order valence-corrected chi connectivity index (χ4v) is 4.68. The van der Waals surface area contributed by atoms with E-state index in [1.54, 1.807) is 17.0 Å². The minimum atomic E-state index is -3.71. The molecule has 1 aromatic rings. The molecular formula is C19H31N3O5S. The standard InChI is InChI=1S/C19H31N3O5S/c1-5-6-9-20(2)19(23)15-21-10-12-22(13-11-21)28(24,25)18-14-16(26-3)7-8-17(18)27-4/h7-8,14H,5-6,9-13,15H2,1-4H3. The lowest BCUT2D eigenvalue weighted by molar-refractivity contribution is -0.131. The van der Waals surface area contributed by atoms with Crippen molar-refractivity contribution in [3.05, 3.63) is 18.2 Å². The van der Waals surface area contributed by atoms with Crippen molar-refractivity contribution in [2.45, 2.75) is 24.7 Å². The van der Waals surface area contributed by atoms with Crippen molar-refractivity contribution in [1.82, 2.24) is 14.1 Å². The summed E-state index contributed by atoms with van der Waals surface area (Å²) in [6.07, 6.45) is 2.03. The fraction of sp³-hybridized carbons (Fsp3) is 0.632. The highest BCUT2D eigenvalue weighted by Gasteiger charge is 2.32. The van der Waals surface area contributed by atoms with Gasteiger partial charge in [0.1, 0.15) is 16.4 Å². The SMILES string of the molecule is CCCCN(C)C(=O)CN1CCN(S(=O)(=O)c2cc(OC)ccc2OC)CC1. The summed E-state index contributed by atoms with van der Waals surface area (Å²) < 4.78 is 38.0. The third kappa shape index (κ3) is 5.36. The van der Waals surface area contributed by atoms with Gasteiger partial charge in [-0.25, -0.2) is 8.42 Å². The molecule has 0 saturated carbocycles. The number of ether oxygens (including phenoxy) is 2. The molecule has 1 aliphatic rings. The summed E-state index contributed by atoms with van der Waals surface area (Å²) in [4.78, 5) is 16.1. The van der Waals surface area contributed by atoms with Crippen molar-refractivity contribution in [1.29, 1.82) is 0 Å². The molecule has 158 valence electrons. The van der Waals surface area contributed by atoms with Gasteiger partial charge in [-0.2, -0.15) is 4.31 Å². The van der Waals surface area contributed by atoms with E-state index in [0.29, 0.717) is 38.5 Å². The maximum atomic E-state index is 13.1. The first-order chi connectivity index (χ1) is 13.3. The van der Waals surface area contributed by atoms with Crippen LogP contribution in [0.5, 0.6) is 11.5 Å². The number of sulfonamides is 1. The van der Waals surface area contributed by atoms with E-state index in [2.05, 4.69) is 6.92 Å². The van der Waals surface area contributed by atoms with Crippen molar-refractivity contribution < 1.29 is 22.7 Å². The molecule has 0 atom stereocenters. The molecular weight excluding hydrogens is 382 g/mol. The van der Waals surface area contributed by atoms with Crippen LogP contribution in [0.3, 0.4) is 0 Å². The third-order valence-electron chi connectivity index (χ3n) is 4.95. The Bertz CT molecular complexity index is 761. The first-order valence-electron chi connectivity index (χ1n) is 9.52. The van der Waals surface area contributed by atoms with E-state index in [1.807, 2.05) is 11.9 Å². The normalized spacial score (nSPS) is 16.0. The molecule has 1 saturated heterocycles. The highest BCUT2D eigenvalue weighted by Crippen LogP contribution is 2.31. The third-order valence-corrected chi connectivity index (χ3v) is 6.87. The molecule has 0 spiro atoms. The molecule has 0 bridgehead atoms. The van der Waals surface area contributed by atoms with Crippen molar-refractivity contribution in [2.75, 3.05) is 60.5 Å². The van der Waals surface area contributed by atoms with E-state index in [9.17, 15) is 13.2 Å². The van der Waals surface area contributed by atoms with E-state index in [0.717, 1.165) is 19.4 Å². The van der Waals surface area contributed by atoms with E-state index in [1.165, 1.54) is 24.6 Å². The van der Waals surface area contributed by atoms with Gasteiger partial charge in [0.2, 0.25) is 15.9 Å². The second-order valence-electron chi connectivity index (χ2n) is 6.87. The van der Waals surface area contributed by atoms with Crippen LogP contribution in [0.25, 0.3) is 0 Å². The monoisotopic (exact) mass is 413 g/mol. The van der Waals surface area contributed by atoms with Gasteiger partial charge in [0.05, 0.1) is 20.8 Å². The Balaban J connectivity index is 2.01. The molecule has 1 aliphatic heterocycles. The number of benzene rings is 1. The molecule has 1 amide bonds. The van der Waals surface area contributed by atoms with Crippen LogP contribution in [0.2, 0.25) is 0 Å². The zero-order valence-electron chi connectivity index (χ0n) is 17.2. The highest BCUT2D eigenvalue weighted by atomic mass is 32.2. The lowest BCUT2D eigenvalue weighted by Crippen LogP contribution is -2.51. The number of amides is 1. The van der Waals surface area contributed by atoms with Gasteiger partial charge >= 0.3 is 0 Å². The number of hydrogen-bond acceptors (Lipinski definition) is 6. The second kappa shape index (κ2) is 10.1. The topological polar surface area (TPSA) is 79.4 Å². The minimum Gasteiger partial charge on any atom is -0.497 e. The fourth-order valence-electron chi connectivity index (χ4n) is 3.08. The maximum absolute atomic E-state index is 13.1. The molecule has 9 heteroatoms. The second-order valence-corrected chi connectivity index (χ2v) is 8.77. The summed E-state index contributed by atoms with van der Waals surface area (Å²) >= 11 is 0. The van der Waals surface area contributed by atoms with Crippen LogP contribution >= 0.6 is 0 Å². The molecule has 1 fully saturated rings. The number of unbranched alkanes of at least 4 members (excludes halogenated alkanes) is 1. The Morgan fingerprint density at radius 1 is 1.14 bits per heavy atom. The number of piperazine rings is 1. The molecule has 0 unspecified atom stereocenters. The smallest absolute Gasteiger partial charge is 0.246 e. The van der Waals surface area contributed by atoms with Crippen molar-refractivity contribution >= 4 is 15.9 Å². The summed E-state index contributed by atoms with van der Waals surface area (Å²) in [5, 5.41) is 0. The van der Waals surface area contributed by atoms with Crippen LogP contribution in [0.4, 0.5) is 0 Å². The lowest BCUT2D eigenvalue weighted by Gasteiger charge is -2.34. The molecule has 1 heterocycles. The van der Waals surface area contributed by atoms with Gasteiger partial charge < -0.3 is 14.4 Å². The number of rotatable bonds is 9. The number of nitrogens with zero attached hydrogens (tertiary/aromatic N) is 3. The lowest BCUT2D eigenvalue weighted by atomic mass is 10.3. The Morgan fingerprint density at radius 3 is 2.39 bits per heavy atom. The van der Waals surface area contributed by atoms with Gasteiger partial charge in [0.15, 0.2) is 0 Å². The Morgan fingerprint density at radius 2 is 1.82 bits per heavy atom. The van der Waals surface area contributed by atoms with Gasteiger partial charge in [-0.1, -0.05) is 13.3 Å². The van der Waals surface area contributed by atoms with Crippen LogP contribution in [-0.2, 0) is 14.8 Å². The zero-order chi connectivity index (χ0) is 20.7. The number of methoxy groups -OCH3 is 2. The first kappa shape index (κ1) is 22.4. The van der Waals surface area contributed by atoms with E-state index >= 15 is 0 Å². The minimum absolute atomic E-state index is 0.0687. The summed E-state index contributed by atoms with van der Waals surface area (Å²) in [6, 6.07) is 4.73. The Kier molecular flexibility index (Phi) is 8.09. The molecule has 8 nitrogen and oxygen atoms in total. The van der Waals surface area contributed by atoms with Crippen LogP contribution in [-0.4, -0.2) is 89.0 Å². The summed E-state index contributed by atoms with van der Waals surface area (Å²) in [6.45, 7) is 4.84. The van der Waals surface area contributed by atoms with Crippen molar-refractivity contribution in [3.63, 3.8) is 0 Å². The number of carbonyl (C=O) groups excluding carboxylic acids is 1. The zero-order valence-corrected chi connectivity index (χ0v) is 18.0. The largest absolute Gasteiger partial charge is 0.497 e. The molecule has 28 heavy (non-hydrogen) atoms. The van der Waals surface area contributed by atoms with Crippen molar-refractivity contribution in [3.8, 4) is 11.5 Å². The van der Waals surface area contributed by atoms with Gasteiger partial charge in [-0.3, -0.25) is 9.69 Å². The Labute approximate surface area is 168 Å². The average Bonchev–Trinajstić information content (AvgIpc) is 2.71. The molecule has 1 aromatic carbocycles. The summed E-state index contributed by atoms with van der Waals surface area (Å²) in [5.41, 5.74) is 0. The van der Waals surface area contributed by atoms with Crippen molar-refractivity contribution in [2.24, 2.45) is 0 Å². The molecule has 0 aliphatic carbocycles. The first-order valence-corrected chi connectivity index (χ1v) is 11.0. The van der Waals surface area contributed by atoms with Gasteiger partial charge in [-0.05, 0) is 18.6 Å². The summed E-state index contributed by atoms with van der Waals surface area (Å²) in [5.74, 6) is 0.814. The number of carbonyl (C=O) groups is 1. The van der Waals surface area contributed by atoms with Crippen LogP contribution in [0, 0.1) is 0 Å². The number of likely N-dealkylation sites (N-methyl/N-ethyl adjacent to an activating group) is 1. The maximum Gasteiger partial charge on any atom is 0.246 e. The average molecular weight is 414 g/mol. The highest BCUT2D eigenvalue weighted by molar-refractivity contribution is 7.89. The van der Waals surface area contributed by atoms with E-state index in [-0.39, 0.29) is 16.6 Å². The predicted octanol–water partition coefficient (Wildman–Crippen LogP) is 1.27. The predicted molar refractivity (Wildman–Crippen MR) is 107 cm³/mol. The quantitative estimate of drug-likeness (QED) is 0.607. The van der Waals surface area contributed by atoms with Gasteiger partial charge in [-0.15, -0.1) is 0 Å². The van der Waals surface area contributed by atoms with E-state index in [4.69, 9.17) is 9.47 Å². The number of hydrogen-bond donors (Lipinski definition) is 0. The van der Waals surface area contributed by atoms with Crippen LogP contribution in [0.1, 0.15) is 19.8 Å². The van der Waals surface area contributed by atoms with Crippen LogP contribution < -0.4 is 9.47 Å². The van der Waals surface area contributed by atoms with Crippen LogP contribution in [0.15, 0.2) is 23.1 Å².